The van der Waals surface area contributed by atoms with Gasteiger partial charge in [-0.3, -0.25) is 0 Å². The molecule has 0 saturated carbocycles. The van der Waals surface area contributed by atoms with Crippen molar-refractivity contribution >= 4 is 0 Å². The molecule has 0 aliphatic carbocycles. The van der Waals surface area contributed by atoms with E-state index in [4.69, 9.17) is 5.73 Å². The first kappa shape index (κ1) is 11.9. The molecule has 1 nitrogen and oxygen atoms in total. The highest BCUT2D eigenvalue weighted by Crippen LogP contribution is 2.22. The van der Waals surface area contributed by atoms with E-state index in [0.717, 1.165) is 12.5 Å². The van der Waals surface area contributed by atoms with E-state index in [1.165, 1.54) is 6.07 Å². The van der Waals surface area contributed by atoms with Gasteiger partial charge in [0.05, 0.1) is 0 Å². The monoisotopic (exact) mass is 211 g/mol. The zero-order valence-corrected chi connectivity index (χ0v) is 8.76. The number of benzene rings is 1. The molecular formula is C12H15F2N. The number of nitrogens with two attached hydrogens (primary N) is 1. The zero-order valence-electron chi connectivity index (χ0n) is 8.76. The predicted octanol–water partition coefficient (Wildman–Crippen LogP) is 3.24. The van der Waals surface area contributed by atoms with Gasteiger partial charge >= 0.3 is 0 Å². The summed E-state index contributed by atoms with van der Waals surface area (Å²) in [5.74, 6) is -1.11. The van der Waals surface area contributed by atoms with Gasteiger partial charge in [0, 0.05) is 17.7 Å². The molecule has 1 unspecified atom stereocenters. The molecule has 0 bridgehead atoms. The Bertz CT molecular complexity index is 361. The molecule has 0 aliphatic heterocycles. The van der Waals surface area contributed by atoms with Gasteiger partial charge in [-0.2, -0.15) is 0 Å². The molecule has 82 valence electrons. The van der Waals surface area contributed by atoms with Crippen molar-refractivity contribution in [3.05, 3.63) is 47.5 Å². The van der Waals surface area contributed by atoms with Crippen molar-refractivity contribution in [2.45, 2.75) is 25.8 Å². The highest BCUT2D eigenvalue weighted by atomic mass is 19.1. The standard InChI is InChI=1S/C12H15F2N/c1-3-4-5-12(15)9-6-8(2)10(13)7-11(9)14/h3,6-7,12H,1,4-5,15H2,2H3. The van der Waals surface area contributed by atoms with Gasteiger partial charge in [-0.1, -0.05) is 6.08 Å². The van der Waals surface area contributed by atoms with Crippen LogP contribution in [0.5, 0.6) is 0 Å². The highest BCUT2D eigenvalue weighted by molar-refractivity contribution is 5.28. The van der Waals surface area contributed by atoms with Crippen LogP contribution in [0, 0.1) is 18.6 Å². The minimum atomic E-state index is -0.574. The number of aryl methyl sites for hydroxylation is 1. The summed E-state index contributed by atoms with van der Waals surface area (Å²) in [5, 5.41) is 0. The van der Waals surface area contributed by atoms with E-state index in [2.05, 4.69) is 6.58 Å². The quantitative estimate of drug-likeness (QED) is 0.760. The van der Waals surface area contributed by atoms with E-state index in [-0.39, 0.29) is 0 Å². The van der Waals surface area contributed by atoms with Crippen LogP contribution in [0.25, 0.3) is 0 Å². The van der Waals surface area contributed by atoms with E-state index in [1.54, 1.807) is 13.0 Å². The second-order valence-corrected chi connectivity index (χ2v) is 3.60. The highest BCUT2D eigenvalue weighted by Gasteiger charge is 2.13. The lowest BCUT2D eigenvalue weighted by Crippen LogP contribution is -2.12. The summed E-state index contributed by atoms with van der Waals surface area (Å²) in [7, 11) is 0. The van der Waals surface area contributed by atoms with Crippen LogP contribution in [-0.2, 0) is 0 Å². The summed E-state index contributed by atoms with van der Waals surface area (Å²) in [6.07, 6.45) is 3.07. The van der Waals surface area contributed by atoms with Gasteiger partial charge in [-0.05, 0) is 31.4 Å². The van der Waals surface area contributed by atoms with Crippen LogP contribution >= 0.6 is 0 Å². The van der Waals surface area contributed by atoms with Crippen molar-refractivity contribution in [3.63, 3.8) is 0 Å². The molecule has 1 atom stereocenters. The Morgan fingerprint density at radius 2 is 2.07 bits per heavy atom. The Hall–Kier alpha value is -1.22. The van der Waals surface area contributed by atoms with Crippen molar-refractivity contribution in [2.75, 3.05) is 0 Å². The molecule has 1 aromatic carbocycles. The molecular weight excluding hydrogens is 196 g/mol. The third-order valence-corrected chi connectivity index (χ3v) is 2.36. The largest absolute Gasteiger partial charge is 0.324 e. The van der Waals surface area contributed by atoms with Gasteiger partial charge in [0.15, 0.2) is 0 Å². The molecule has 0 aliphatic rings. The minimum Gasteiger partial charge on any atom is -0.324 e. The van der Waals surface area contributed by atoms with Crippen LogP contribution in [0.2, 0.25) is 0 Å². The average Bonchev–Trinajstić information content (AvgIpc) is 2.20. The minimum absolute atomic E-state index is 0.371. The summed E-state index contributed by atoms with van der Waals surface area (Å²) in [4.78, 5) is 0. The SMILES string of the molecule is C=CCCC(N)c1cc(C)c(F)cc1F. The third kappa shape index (κ3) is 2.86. The first-order valence-electron chi connectivity index (χ1n) is 4.88. The van der Waals surface area contributed by atoms with E-state index in [1.807, 2.05) is 0 Å². The molecule has 0 heterocycles. The molecule has 0 radical (unpaired) electrons. The molecule has 2 N–H and O–H groups in total. The lowest BCUT2D eigenvalue weighted by molar-refractivity contribution is 0.541. The van der Waals surface area contributed by atoms with Crippen molar-refractivity contribution in [1.82, 2.24) is 0 Å². The molecule has 15 heavy (non-hydrogen) atoms. The lowest BCUT2D eigenvalue weighted by atomic mass is 10.00. The van der Waals surface area contributed by atoms with Crippen molar-refractivity contribution < 1.29 is 8.78 Å². The number of allylic oxidation sites excluding steroid dienone is 1. The van der Waals surface area contributed by atoms with Gasteiger partial charge in [0.1, 0.15) is 11.6 Å². The van der Waals surface area contributed by atoms with Gasteiger partial charge < -0.3 is 5.73 Å². The van der Waals surface area contributed by atoms with Crippen molar-refractivity contribution in [3.8, 4) is 0 Å². The van der Waals surface area contributed by atoms with Crippen molar-refractivity contribution in [2.24, 2.45) is 5.73 Å². The first-order valence-corrected chi connectivity index (χ1v) is 4.88. The van der Waals surface area contributed by atoms with E-state index in [0.29, 0.717) is 17.5 Å². The lowest BCUT2D eigenvalue weighted by Gasteiger charge is -2.13. The Balaban J connectivity index is 2.93. The topological polar surface area (TPSA) is 26.0 Å². The number of hydrogen-bond donors (Lipinski definition) is 1. The molecule has 1 rings (SSSR count). The maximum Gasteiger partial charge on any atom is 0.130 e. The fourth-order valence-electron chi connectivity index (χ4n) is 1.42. The van der Waals surface area contributed by atoms with Crippen LogP contribution in [0.4, 0.5) is 8.78 Å². The van der Waals surface area contributed by atoms with Crippen LogP contribution in [0.3, 0.4) is 0 Å². The molecule has 1 aromatic rings. The first-order chi connectivity index (χ1) is 7.06. The fourth-order valence-corrected chi connectivity index (χ4v) is 1.42. The molecule has 0 fully saturated rings. The summed E-state index contributed by atoms with van der Waals surface area (Å²) in [6.45, 7) is 5.17. The summed E-state index contributed by atoms with van der Waals surface area (Å²) < 4.78 is 26.3. The van der Waals surface area contributed by atoms with Crippen LogP contribution in [-0.4, -0.2) is 0 Å². The number of hydrogen-bond acceptors (Lipinski definition) is 1. The molecule has 0 spiro atoms. The Morgan fingerprint density at radius 1 is 1.40 bits per heavy atom. The molecule has 0 amide bonds. The maximum atomic E-state index is 13.4. The molecule has 0 aromatic heterocycles. The molecule has 0 saturated heterocycles. The Morgan fingerprint density at radius 3 is 2.67 bits per heavy atom. The maximum absolute atomic E-state index is 13.4. The van der Waals surface area contributed by atoms with E-state index >= 15 is 0 Å². The predicted molar refractivity (Wildman–Crippen MR) is 57.5 cm³/mol. The third-order valence-electron chi connectivity index (χ3n) is 2.36. The fraction of sp³-hybridized carbons (Fsp3) is 0.333. The van der Waals surface area contributed by atoms with Crippen molar-refractivity contribution in [1.29, 1.82) is 0 Å². The average molecular weight is 211 g/mol. The van der Waals surface area contributed by atoms with Gasteiger partial charge in [0.25, 0.3) is 0 Å². The Kier molecular flexibility index (Phi) is 3.97. The summed E-state index contributed by atoms with van der Waals surface area (Å²) in [5.41, 5.74) is 6.58. The van der Waals surface area contributed by atoms with Gasteiger partial charge in [-0.15, -0.1) is 6.58 Å². The van der Waals surface area contributed by atoms with Crippen LogP contribution in [0.15, 0.2) is 24.8 Å². The number of halogens is 2. The summed E-state index contributed by atoms with van der Waals surface area (Å²) >= 11 is 0. The summed E-state index contributed by atoms with van der Waals surface area (Å²) in [6, 6.07) is 1.96. The second-order valence-electron chi connectivity index (χ2n) is 3.60. The van der Waals surface area contributed by atoms with E-state index in [9.17, 15) is 8.78 Å². The van der Waals surface area contributed by atoms with Gasteiger partial charge in [-0.25, -0.2) is 8.78 Å². The zero-order chi connectivity index (χ0) is 11.4. The van der Waals surface area contributed by atoms with E-state index < -0.39 is 17.7 Å². The van der Waals surface area contributed by atoms with Crippen LogP contribution < -0.4 is 5.73 Å². The second kappa shape index (κ2) is 5.03. The molecule has 3 heteroatoms. The van der Waals surface area contributed by atoms with Gasteiger partial charge in [0.2, 0.25) is 0 Å². The normalized spacial score (nSPS) is 12.5. The Labute approximate surface area is 88.6 Å². The van der Waals surface area contributed by atoms with Crippen LogP contribution in [0.1, 0.15) is 30.0 Å². The smallest absolute Gasteiger partial charge is 0.130 e. The number of rotatable bonds is 4.